The minimum atomic E-state index is -0.481. The van der Waals surface area contributed by atoms with Gasteiger partial charge < -0.3 is 15.0 Å². The Morgan fingerprint density at radius 1 is 1.33 bits per heavy atom. The van der Waals surface area contributed by atoms with Gasteiger partial charge in [0, 0.05) is 24.7 Å². The fraction of sp³-hybridized carbons (Fsp3) is 0.632. The molecule has 1 N–H and O–H groups in total. The Hall–Kier alpha value is -1.62. The smallest absolute Gasteiger partial charge is 0.410 e. The van der Waals surface area contributed by atoms with Crippen molar-refractivity contribution in [1.82, 2.24) is 10.2 Å². The Kier molecular flexibility index (Phi) is 5.53. The van der Waals surface area contributed by atoms with E-state index in [1.165, 1.54) is 12.1 Å². The van der Waals surface area contributed by atoms with Crippen LogP contribution in [0.3, 0.4) is 0 Å². The minimum absolute atomic E-state index is 0.217. The van der Waals surface area contributed by atoms with Gasteiger partial charge in [-0.25, -0.2) is 9.18 Å². The molecule has 5 heteroatoms. The molecule has 4 nitrogen and oxygen atoms in total. The Bertz CT molecular complexity index is 564. The highest BCUT2D eigenvalue weighted by atomic mass is 19.1. The van der Waals surface area contributed by atoms with Crippen LogP contribution in [0.25, 0.3) is 0 Å². The standard InChI is InChI=1S/C19H29FN2O2/c1-18(2,3)24-17(23)22-11-10-16(12-19(22,4)5)21-13-14-6-8-15(20)9-7-14/h6-9,16,21H,10-13H2,1-5H3/t16-/m0/s1. The summed E-state index contributed by atoms with van der Waals surface area (Å²) >= 11 is 0. The number of carbonyl (C=O) groups excluding carboxylic acids is 1. The van der Waals surface area contributed by atoms with Gasteiger partial charge in [-0.1, -0.05) is 12.1 Å². The molecule has 1 amide bonds. The summed E-state index contributed by atoms with van der Waals surface area (Å²) in [5.41, 5.74) is 0.315. The number of piperidine rings is 1. The number of nitrogens with one attached hydrogen (secondary N) is 1. The van der Waals surface area contributed by atoms with Crippen LogP contribution in [0.15, 0.2) is 24.3 Å². The predicted molar refractivity (Wildman–Crippen MR) is 93.3 cm³/mol. The fourth-order valence-corrected chi connectivity index (χ4v) is 3.10. The van der Waals surface area contributed by atoms with Gasteiger partial charge in [-0.15, -0.1) is 0 Å². The highest BCUT2D eigenvalue weighted by molar-refractivity contribution is 5.69. The Morgan fingerprint density at radius 2 is 1.96 bits per heavy atom. The maximum atomic E-state index is 12.9. The van der Waals surface area contributed by atoms with Crippen LogP contribution in [0, 0.1) is 5.82 Å². The minimum Gasteiger partial charge on any atom is -0.444 e. The second-order valence-corrected chi connectivity index (χ2v) is 8.14. The molecule has 2 rings (SSSR count). The molecule has 1 saturated heterocycles. The number of hydrogen-bond donors (Lipinski definition) is 1. The zero-order chi connectivity index (χ0) is 18.0. The van der Waals surface area contributed by atoms with Gasteiger partial charge in [0.15, 0.2) is 0 Å². The van der Waals surface area contributed by atoms with Crippen LogP contribution >= 0.6 is 0 Å². The summed E-state index contributed by atoms with van der Waals surface area (Å²) in [6.07, 6.45) is 1.49. The van der Waals surface area contributed by atoms with E-state index in [1.54, 1.807) is 12.1 Å². The first-order chi connectivity index (χ1) is 11.1. The lowest BCUT2D eigenvalue weighted by atomic mass is 9.87. The number of hydrogen-bond acceptors (Lipinski definition) is 3. The molecule has 0 saturated carbocycles. The predicted octanol–water partition coefficient (Wildman–Crippen LogP) is 4.09. The van der Waals surface area contributed by atoms with Gasteiger partial charge >= 0.3 is 6.09 Å². The number of amides is 1. The Morgan fingerprint density at radius 3 is 2.50 bits per heavy atom. The quantitative estimate of drug-likeness (QED) is 0.904. The molecule has 0 unspecified atom stereocenters. The Balaban J connectivity index is 1.90. The van der Waals surface area contributed by atoms with E-state index in [-0.39, 0.29) is 17.4 Å². The first-order valence-corrected chi connectivity index (χ1v) is 8.55. The second-order valence-electron chi connectivity index (χ2n) is 8.14. The number of benzene rings is 1. The maximum Gasteiger partial charge on any atom is 0.410 e. The maximum absolute atomic E-state index is 12.9. The van der Waals surface area contributed by atoms with Gasteiger partial charge in [-0.3, -0.25) is 0 Å². The molecule has 0 aliphatic carbocycles. The van der Waals surface area contributed by atoms with Crippen molar-refractivity contribution in [3.63, 3.8) is 0 Å². The largest absolute Gasteiger partial charge is 0.444 e. The lowest BCUT2D eigenvalue weighted by Crippen LogP contribution is -2.57. The molecule has 1 aromatic carbocycles. The fourth-order valence-electron chi connectivity index (χ4n) is 3.10. The van der Waals surface area contributed by atoms with Crippen LogP contribution in [0.2, 0.25) is 0 Å². The highest BCUT2D eigenvalue weighted by Crippen LogP contribution is 2.29. The molecule has 0 bridgehead atoms. The van der Waals surface area contributed by atoms with Gasteiger partial charge in [0.2, 0.25) is 0 Å². The zero-order valence-corrected chi connectivity index (χ0v) is 15.4. The van der Waals surface area contributed by atoms with Crippen LogP contribution < -0.4 is 5.32 Å². The van der Waals surface area contributed by atoms with Crippen molar-refractivity contribution in [3.8, 4) is 0 Å². The third-order valence-corrected chi connectivity index (χ3v) is 4.30. The molecule has 1 aliphatic heterocycles. The van der Waals surface area contributed by atoms with Gasteiger partial charge in [0.1, 0.15) is 11.4 Å². The van der Waals surface area contributed by atoms with Crippen molar-refractivity contribution in [2.75, 3.05) is 6.54 Å². The van der Waals surface area contributed by atoms with Crippen molar-refractivity contribution in [1.29, 1.82) is 0 Å². The number of likely N-dealkylation sites (tertiary alicyclic amines) is 1. The summed E-state index contributed by atoms with van der Waals surface area (Å²) in [7, 11) is 0. The first-order valence-electron chi connectivity index (χ1n) is 8.55. The highest BCUT2D eigenvalue weighted by Gasteiger charge is 2.39. The van der Waals surface area contributed by atoms with Crippen molar-refractivity contribution >= 4 is 6.09 Å². The summed E-state index contributed by atoms with van der Waals surface area (Å²) < 4.78 is 18.5. The molecule has 0 spiro atoms. The molecule has 1 fully saturated rings. The summed E-state index contributed by atoms with van der Waals surface area (Å²) in [6.45, 7) is 11.2. The van der Waals surface area contributed by atoms with Crippen LogP contribution in [0.5, 0.6) is 0 Å². The van der Waals surface area contributed by atoms with Crippen LogP contribution in [0.4, 0.5) is 9.18 Å². The van der Waals surface area contributed by atoms with E-state index in [0.717, 1.165) is 18.4 Å². The van der Waals surface area contributed by atoms with E-state index in [1.807, 2.05) is 25.7 Å². The molecule has 0 aromatic heterocycles. The van der Waals surface area contributed by atoms with Gasteiger partial charge in [-0.05, 0) is 65.2 Å². The molecule has 24 heavy (non-hydrogen) atoms. The molecule has 1 heterocycles. The second kappa shape index (κ2) is 7.09. The number of rotatable bonds is 3. The first kappa shape index (κ1) is 18.7. The molecule has 1 atom stereocenters. The monoisotopic (exact) mass is 336 g/mol. The molecule has 0 radical (unpaired) electrons. The molecule has 1 aromatic rings. The van der Waals surface area contributed by atoms with Gasteiger partial charge in [-0.2, -0.15) is 0 Å². The normalized spacial score (nSPS) is 20.8. The average Bonchev–Trinajstić information content (AvgIpc) is 2.43. The molecule has 134 valence electrons. The third-order valence-electron chi connectivity index (χ3n) is 4.30. The van der Waals surface area contributed by atoms with Crippen molar-refractivity contribution in [2.24, 2.45) is 0 Å². The number of nitrogens with zero attached hydrogens (tertiary/aromatic N) is 1. The van der Waals surface area contributed by atoms with E-state index >= 15 is 0 Å². The number of ether oxygens (including phenoxy) is 1. The van der Waals surface area contributed by atoms with E-state index < -0.39 is 5.60 Å². The molecule has 1 aliphatic rings. The van der Waals surface area contributed by atoms with Crippen molar-refractivity contribution in [3.05, 3.63) is 35.6 Å². The zero-order valence-electron chi connectivity index (χ0n) is 15.4. The van der Waals surface area contributed by atoms with Gasteiger partial charge in [0.05, 0.1) is 0 Å². The molecular weight excluding hydrogens is 307 g/mol. The average molecular weight is 336 g/mol. The number of halogens is 1. The van der Waals surface area contributed by atoms with Crippen molar-refractivity contribution < 1.29 is 13.9 Å². The topological polar surface area (TPSA) is 41.6 Å². The lowest BCUT2D eigenvalue weighted by Gasteiger charge is -2.45. The van der Waals surface area contributed by atoms with E-state index in [2.05, 4.69) is 19.2 Å². The Labute approximate surface area is 144 Å². The summed E-state index contributed by atoms with van der Waals surface area (Å²) in [4.78, 5) is 14.2. The van der Waals surface area contributed by atoms with Gasteiger partial charge in [0.25, 0.3) is 0 Å². The van der Waals surface area contributed by atoms with Crippen molar-refractivity contribution in [2.45, 2.75) is 71.2 Å². The van der Waals surface area contributed by atoms with E-state index in [0.29, 0.717) is 19.1 Å². The van der Waals surface area contributed by atoms with Crippen LogP contribution in [-0.4, -0.2) is 34.7 Å². The van der Waals surface area contributed by atoms with E-state index in [4.69, 9.17) is 4.74 Å². The van der Waals surface area contributed by atoms with E-state index in [9.17, 15) is 9.18 Å². The number of carbonyl (C=O) groups is 1. The van der Waals surface area contributed by atoms with Crippen LogP contribution in [-0.2, 0) is 11.3 Å². The molecular formula is C19H29FN2O2. The van der Waals surface area contributed by atoms with Crippen LogP contribution in [0.1, 0.15) is 53.0 Å². The summed E-state index contributed by atoms with van der Waals surface area (Å²) in [5.74, 6) is -0.217. The summed E-state index contributed by atoms with van der Waals surface area (Å²) in [6, 6.07) is 6.87. The summed E-state index contributed by atoms with van der Waals surface area (Å²) in [5, 5.41) is 3.52. The SMILES string of the molecule is CC(C)(C)OC(=O)N1CC[C@H](NCc2ccc(F)cc2)CC1(C)C. The third kappa shape index (κ3) is 5.20. The lowest BCUT2D eigenvalue weighted by molar-refractivity contribution is -0.0110.